The number of tetrazole rings is 1. The van der Waals surface area contributed by atoms with Crippen LogP contribution in [-0.4, -0.2) is 31.1 Å². The molecule has 0 aliphatic rings. The minimum atomic E-state index is -1.48. The van der Waals surface area contributed by atoms with Crippen LogP contribution < -0.4 is 5.11 Å². The van der Waals surface area contributed by atoms with Crippen molar-refractivity contribution in [2.45, 2.75) is 10.1 Å². The first-order valence-electron chi connectivity index (χ1n) is 6.57. The Labute approximate surface area is 139 Å². The zero-order valence-electron chi connectivity index (χ0n) is 11.9. The first-order chi connectivity index (χ1) is 11.6. The molecule has 3 rings (SSSR count). The molecule has 2 aromatic carbocycles. The number of nitro benzene ring substituents is 1. The molecule has 0 N–H and O–H groups in total. The Morgan fingerprint density at radius 2 is 1.92 bits per heavy atom. The molecule has 0 unspecified atom stereocenters. The fourth-order valence-corrected chi connectivity index (χ4v) is 2.82. The summed E-state index contributed by atoms with van der Waals surface area (Å²) >= 11 is 0.963. The van der Waals surface area contributed by atoms with E-state index >= 15 is 0 Å². The highest BCUT2D eigenvalue weighted by Gasteiger charge is 2.19. The maximum atomic E-state index is 11.2. The van der Waals surface area contributed by atoms with Crippen LogP contribution in [0.25, 0.3) is 5.69 Å². The van der Waals surface area contributed by atoms with E-state index in [9.17, 15) is 20.0 Å². The Morgan fingerprint density at radius 1 is 1.17 bits per heavy atom. The quantitative estimate of drug-likeness (QED) is 0.498. The van der Waals surface area contributed by atoms with Crippen molar-refractivity contribution in [3.8, 4) is 5.69 Å². The summed E-state index contributed by atoms with van der Waals surface area (Å²) in [4.78, 5) is 21.6. The van der Waals surface area contributed by atoms with Crippen LogP contribution >= 0.6 is 11.8 Å². The van der Waals surface area contributed by atoms with Crippen LogP contribution in [0.4, 0.5) is 5.69 Å². The molecule has 0 fully saturated rings. The summed E-state index contributed by atoms with van der Waals surface area (Å²) in [6.07, 6.45) is 0. The Kier molecular flexibility index (Phi) is 4.20. The minimum absolute atomic E-state index is 0.219. The fraction of sp³-hybridized carbons (Fsp3) is 0. The van der Waals surface area contributed by atoms with E-state index < -0.39 is 10.9 Å². The number of carboxylic acid groups (broad SMARTS) is 1. The number of carbonyl (C=O) groups excluding carboxylic acids is 1. The summed E-state index contributed by atoms with van der Waals surface area (Å²) < 4.78 is 1.43. The topological polar surface area (TPSA) is 127 Å². The van der Waals surface area contributed by atoms with Gasteiger partial charge in [0, 0.05) is 11.6 Å². The molecule has 120 valence electrons. The smallest absolute Gasteiger partial charge is 0.284 e. The molecule has 0 atom stereocenters. The number of rotatable bonds is 5. The van der Waals surface area contributed by atoms with Gasteiger partial charge in [-0.25, -0.2) is 0 Å². The second kappa shape index (κ2) is 6.46. The number of carbonyl (C=O) groups is 1. The van der Waals surface area contributed by atoms with Gasteiger partial charge in [0.2, 0.25) is 5.16 Å². The van der Waals surface area contributed by atoms with Gasteiger partial charge in [0.05, 0.1) is 21.5 Å². The van der Waals surface area contributed by atoms with Gasteiger partial charge in [-0.05, 0) is 40.4 Å². The summed E-state index contributed by atoms with van der Waals surface area (Å²) in [6.45, 7) is 0. The normalized spacial score (nSPS) is 10.5. The molecule has 0 aliphatic heterocycles. The molecule has 0 bridgehead atoms. The lowest BCUT2D eigenvalue weighted by Gasteiger charge is -2.07. The van der Waals surface area contributed by atoms with E-state index in [0.29, 0.717) is 10.8 Å². The standard InChI is InChI=1S/C14H9N5O4S/c20-13(21)9-6-7-12(11(8-9)19(22)23)24-14-15-16-17-18(14)10-4-2-1-3-5-10/h1-8H,(H,20,21)/p-1. The average molecular weight is 342 g/mol. The summed E-state index contributed by atoms with van der Waals surface area (Å²) in [5.74, 6) is -1.48. The van der Waals surface area contributed by atoms with Gasteiger partial charge in [0.25, 0.3) is 5.69 Å². The van der Waals surface area contributed by atoms with Crippen molar-refractivity contribution in [3.05, 3.63) is 64.2 Å². The van der Waals surface area contributed by atoms with E-state index in [0.717, 1.165) is 17.8 Å². The van der Waals surface area contributed by atoms with Crippen molar-refractivity contribution in [1.82, 2.24) is 20.2 Å². The van der Waals surface area contributed by atoms with Gasteiger partial charge in [-0.3, -0.25) is 10.1 Å². The van der Waals surface area contributed by atoms with E-state index in [2.05, 4.69) is 15.5 Å². The molecule has 1 aromatic heterocycles. The number of carboxylic acids is 1. The Morgan fingerprint density at radius 3 is 2.58 bits per heavy atom. The first-order valence-corrected chi connectivity index (χ1v) is 7.39. The van der Waals surface area contributed by atoms with E-state index in [1.807, 2.05) is 18.2 Å². The van der Waals surface area contributed by atoms with Crippen LogP contribution in [0, 0.1) is 10.1 Å². The molecule has 24 heavy (non-hydrogen) atoms. The largest absolute Gasteiger partial charge is 0.545 e. The highest BCUT2D eigenvalue weighted by Crippen LogP contribution is 2.34. The van der Waals surface area contributed by atoms with Crippen molar-refractivity contribution in [2.75, 3.05) is 0 Å². The molecule has 1 heterocycles. The molecule has 0 saturated carbocycles. The van der Waals surface area contributed by atoms with E-state index in [-0.39, 0.29) is 16.1 Å². The highest BCUT2D eigenvalue weighted by molar-refractivity contribution is 7.99. The number of nitro groups is 1. The van der Waals surface area contributed by atoms with Crippen molar-refractivity contribution in [1.29, 1.82) is 0 Å². The average Bonchev–Trinajstić information content (AvgIpc) is 3.03. The number of aromatic carboxylic acids is 1. The zero-order chi connectivity index (χ0) is 17.1. The molecule has 0 saturated heterocycles. The lowest BCUT2D eigenvalue weighted by molar-refractivity contribution is -0.387. The maximum Gasteiger partial charge on any atom is 0.284 e. The van der Waals surface area contributed by atoms with Crippen molar-refractivity contribution >= 4 is 23.4 Å². The molecule has 0 aliphatic carbocycles. The van der Waals surface area contributed by atoms with Gasteiger partial charge in [-0.2, -0.15) is 4.68 Å². The fourth-order valence-electron chi connectivity index (χ4n) is 1.95. The van der Waals surface area contributed by atoms with Crippen LogP contribution in [0.2, 0.25) is 0 Å². The van der Waals surface area contributed by atoms with Crippen LogP contribution in [0.15, 0.2) is 58.6 Å². The predicted molar refractivity (Wildman–Crippen MR) is 80.7 cm³/mol. The summed E-state index contributed by atoms with van der Waals surface area (Å²) in [7, 11) is 0. The lowest BCUT2D eigenvalue weighted by Crippen LogP contribution is -2.22. The highest BCUT2D eigenvalue weighted by atomic mass is 32.2. The van der Waals surface area contributed by atoms with Crippen molar-refractivity contribution in [3.63, 3.8) is 0 Å². The van der Waals surface area contributed by atoms with E-state index in [1.165, 1.54) is 16.8 Å². The molecule has 9 nitrogen and oxygen atoms in total. The summed E-state index contributed by atoms with van der Waals surface area (Å²) in [6, 6.07) is 12.5. The Hall–Kier alpha value is -3.27. The van der Waals surface area contributed by atoms with Gasteiger partial charge in [0.15, 0.2) is 0 Å². The van der Waals surface area contributed by atoms with Gasteiger partial charge >= 0.3 is 0 Å². The molecular formula is C14H8N5O4S-. The van der Waals surface area contributed by atoms with Gasteiger partial charge in [-0.15, -0.1) is 5.10 Å². The monoisotopic (exact) mass is 342 g/mol. The number of nitrogens with zero attached hydrogens (tertiary/aromatic N) is 5. The number of aromatic nitrogens is 4. The number of hydrogen-bond acceptors (Lipinski definition) is 8. The summed E-state index contributed by atoms with van der Waals surface area (Å²) in [5.41, 5.74) is 0.0667. The van der Waals surface area contributed by atoms with E-state index in [4.69, 9.17) is 0 Å². The van der Waals surface area contributed by atoms with Crippen molar-refractivity contribution < 1.29 is 14.8 Å². The lowest BCUT2D eigenvalue weighted by atomic mass is 10.2. The van der Waals surface area contributed by atoms with E-state index in [1.54, 1.807) is 12.1 Å². The molecule has 3 aromatic rings. The first kappa shape index (κ1) is 15.6. The zero-order valence-corrected chi connectivity index (χ0v) is 12.7. The van der Waals surface area contributed by atoms with Crippen LogP contribution in [0.5, 0.6) is 0 Å². The molecule has 0 amide bonds. The second-order valence-electron chi connectivity index (χ2n) is 4.54. The third-order valence-corrected chi connectivity index (χ3v) is 4.04. The Bertz CT molecular complexity index is 913. The SMILES string of the molecule is O=C([O-])c1ccc(Sc2nnnn2-c2ccccc2)c([N+](=O)[O-])c1. The minimum Gasteiger partial charge on any atom is -0.545 e. The molecule has 0 radical (unpaired) electrons. The van der Waals surface area contributed by atoms with Gasteiger partial charge in [0.1, 0.15) is 0 Å². The third kappa shape index (κ3) is 3.08. The second-order valence-corrected chi connectivity index (χ2v) is 5.55. The van der Waals surface area contributed by atoms with Crippen LogP contribution in [-0.2, 0) is 0 Å². The Balaban J connectivity index is 2.00. The number of benzene rings is 2. The molecule has 0 spiro atoms. The molecule has 10 heteroatoms. The number of hydrogen-bond donors (Lipinski definition) is 0. The third-order valence-electron chi connectivity index (χ3n) is 3.03. The van der Waals surface area contributed by atoms with Gasteiger partial charge < -0.3 is 9.90 Å². The maximum absolute atomic E-state index is 11.2. The van der Waals surface area contributed by atoms with Crippen LogP contribution in [0.3, 0.4) is 0 Å². The van der Waals surface area contributed by atoms with Crippen LogP contribution in [0.1, 0.15) is 10.4 Å². The summed E-state index contributed by atoms with van der Waals surface area (Å²) in [5, 5.41) is 33.7. The predicted octanol–water partition coefficient (Wildman–Crippen LogP) is 1.09. The van der Waals surface area contributed by atoms with Crippen molar-refractivity contribution in [2.24, 2.45) is 0 Å². The number of para-hydroxylation sites is 1. The van der Waals surface area contributed by atoms with Gasteiger partial charge in [-0.1, -0.05) is 24.3 Å². The molecular weight excluding hydrogens is 334 g/mol.